The van der Waals surface area contributed by atoms with Crippen molar-refractivity contribution in [1.29, 1.82) is 0 Å². The minimum atomic E-state index is 0.747. The number of hydrogen-bond donors (Lipinski definition) is 3. The van der Waals surface area contributed by atoms with Crippen LogP contribution in [0.3, 0.4) is 0 Å². The van der Waals surface area contributed by atoms with Crippen LogP contribution in [0.1, 0.15) is 0 Å². The molecule has 0 aromatic heterocycles. The molecule has 0 saturated heterocycles. The number of rotatable bonds is 3. The molecule has 0 atom stereocenters. The molecule has 0 amide bonds. The Bertz CT molecular complexity index is 256. The number of hydrazine groups is 1. The molecule has 4 nitrogen and oxygen atoms in total. The topological polar surface area (TPSA) is 61.2 Å². The highest BCUT2D eigenvalue weighted by Crippen LogP contribution is 2.07. The van der Waals surface area contributed by atoms with Crippen molar-refractivity contribution in [2.24, 2.45) is 0 Å². The van der Waals surface area contributed by atoms with E-state index < -0.39 is 0 Å². The summed E-state index contributed by atoms with van der Waals surface area (Å²) in [5.41, 5.74) is 10.1. The molecule has 0 bridgehead atoms. The van der Waals surface area contributed by atoms with Crippen LogP contribution in [0.5, 0.6) is 0 Å². The van der Waals surface area contributed by atoms with Gasteiger partial charge in [0.1, 0.15) is 0 Å². The molecule has 12 heavy (non-hydrogen) atoms. The SMILES string of the molecule is CO/C=[NH+]/Nc1ccc(N)cc1. The van der Waals surface area contributed by atoms with Crippen molar-refractivity contribution in [1.82, 2.24) is 0 Å². The lowest BCUT2D eigenvalue weighted by atomic mass is 10.3. The highest BCUT2D eigenvalue weighted by molar-refractivity contribution is 5.50. The summed E-state index contributed by atoms with van der Waals surface area (Å²) < 4.78 is 4.66. The molecule has 1 rings (SSSR count). The Morgan fingerprint density at radius 3 is 2.67 bits per heavy atom. The van der Waals surface area contributed by atoms with Crippen molar-refractivity contribution >= 4 is 17.8 Å². The predicted octanol–water partition coefficient (Wildman–Crippen LogP) is -0.649. The van der Waals surface area contributed by atoms with E-state index in [1.807, 2.05) is 24.3 Å². The summed E-state index contributed by atoms with van der Waals surface area (Å²) in [5, 5.41) is 2.73. The molecule has 0 radical (unpaired) electrons. The summed E-state index contributed by atoms with van der Waals surface area (Å²) in [7, 11) is 1.57. The number of anilines is 2. The fourth-order valence-corrected chi connectivity index (χ4v) is 0.738. The summed E-state index contributed by atoms with van der Waals surface area (Å²) in [6.45, 7) is 0. The molecule has 4 heteroatoms. The minimum Gasteiger partial charge on any atom is -0.452 e. The maximum Gasteiger partial charge on any atom is 0.350 e. The molecule has 0 aliphatic heterocycles. The van der Waals surface area contributed by atoms with E-state index in [4.69, 9.17) is 5.73 Å². The Balaban J connectivity index is 2.53. The molecule has 1 aromatic carbocycles. The molecule has 0 fully saturated rings. The van der Waals surface area contributed by atoms with Gasteiger partial charge in [0.15, 0.2) is 0 Å². The zero-order valence-electron chi connectivity index (χ0n) is 6.87. The van der Waals surface area contributed by atoms with Gasteiger partial charge in [-0.3, -0.25) is 0 Å². The number of hydrazone groups is 1. The molecule has 0 unspecified atom stereocenters. The molecular formula is C8H12N3O+. The Labute approximate surface area is 71.0 Å². The van der Waals surface area contributed by atoms with Crippen LogP contribution in [0.15, 0.2) is 24.3 Å². The third-order valence-electron chi connectivity index (χ3n) is 1.30. The number of ether oxygens (including phenoxy) is 1. The van der Waals surface area contributed by atoms with Crippen LogP contribution in [0.2, 0.25) is 0 Å². The lowest BCUT2D eigenvalue weighted by Gasteiger charge is -1.94. The van der Waals surface area contributed by atoms with Crippen LogP contribution >= 0.6 is 0 Å². The lowest BCUT2D eigenvalue weighted by molar-refractivity contribution is -0.423. The van der Waals surface area contributed by atoms with Gasteiger partial charge in [-0.15, -0.1) is 0 Å². The monoisotopic (exact) mass is 166 g/mol. The van der Waals surface area contributed by atoms with Crippen molar-refractivity contribution in [3.8, 4) is 0 Å². The van der Waals surface area contributed by atoms with E-state index in [1.165, 1.54) is 6.40 Å². The van der Waals surface area contributed by atoms with Gasteiger partial charge in [-0.05, 0) is 24.3 Å². The molecule has 0 aliphatic rings. The van der Waals surface area contributed by atoms with Crippen molar-refractivity contribution in [2.45, 2.75) is 0 Å². The van der Waals surface area contributed by atoms with E-state index in [2.05, 4.69) is 15.3 Å². The molecule has 0 heterocycles. The highest BCUT2D eigenvalue weighted by Gasteiger charge is 1.90. The second-order valence-corrected chi connectivity index (χ2v) is 2.24. The van der Waals surface area contributed by atoms with Gasteiger partial charge < -0.3 is 10.5 Å². The van der Waals surface area contributed by atoms with E-state index in [-0.39, 0.29) is 0 Å². The molecular weight excluding hydrogens is 154 g/mol. The maximum atomic E-state index is 5.50. The first-order valence-corrected chi connectivity index (χ1v) is 3.54. The van der Waals surface area contributed by atoms with Gasteiger partial charge in [0.05, 0.1) is 12.8 Å². The molecule has 4 N–H and O–H groups in total. The quantitative estimate of drug-likeness (QED) is 0.242. The molecule has 1 aromatic rings. The standard InChI is InChI=1S/C8H11N3O/c1-12-6-10-11-8-4-2-7(9)3-5-8/h2-6,11H,9H2,1H3/p+1/b10-6+. The fourth-order valence-electron chi connectivity index (χ4n) is 0.738. The number of methoxy groups -OCH3 is 1. The fraction of sp³-hybridized carbons (Fsp3) is 0.125. The Morgan fingerprint density at radius 2 is 2.08 bits per heavy atom. The number of nitrogen functional groups attached to an aromatic ring is 1. The first-order chi connectivity index (χ1) is 5.83. The van der Waals surface area contributed by atoms with E-state index >= 15 is 0 Å². The van der Waals surface area contributed by atoms with Gasteiger partial charge in [-0.2, -0.15) is 5.43 Å². The zero-order chi connectivity index (χ0) is 8.81. The number of nitrogens with one attached hydrogen (secondary N) is 2. The first kappa shape index (κ1) is 8.39. The largest absolute Gasteiger partial charge is 0.452 e. The molecule has 0 aliphatic carbocycles. The van der Waals surface area contributed by atoms with Gasteiger partial charge >= 0.3 is 6.40 Å². The summed E-state index contributed by atoms with van der Waals surface area (Å²) in [4.78, 5) is 0. The Morgan fingerprint density at radius 1 is 1.42 bits per heavy atom. The Kier molecular flexibility index (Phi) is 2.95. The first-order valence-electron chi connectivity index (χ1n) is 3.54. The second kappa shape index (κ2) is 4.23. The molecule has 0 spiro atoms. The van der Waals surface area contributed by atoms with Gasteiger partial charge in [-0.25, -0.2) is 0 Å². The van der Waals surface area contributed by atoms with Crippen LogP contribution in [-0.2, 0) is 4.74 Å². The molecule has 0 saturated carbocycles. The Hall–Kier alpha value is -1.71. The number of hydrogen-bond acceptors (Lipinski definition) is 3. The third-order valence-corrected chi connectivity index (χ3v) is 1.30. The van der Waals surface area contributed by atoms with Crippen LogP contribution in [0.25, 0.3) is 0 Å². The van der Waals surface area contributed by atoms with Crippen molar-refractivity contribution < 1.29 is 9.84 Å². The zero-order valence-corrected chi connectivity index (χ0v) is 6.87. The van der Waals surface area contributed by atoms with E-state index in [0.717, 1.165) is 11.4 Å². The average molecular weight is 166 g/mol. The van der Waals surface area contributed by atoms with E-state index in [1.54, 1.807) is 7.11 Å². The summed E-state index contributed by atoms with van der Waals surface area (Å²) >= 11 is 0. The van der Waals surface area contributed by atoms with Crippen LogP contribution in [-0.4, -0.2) is 13.5 Å². The van der Waals surface area contributed by atoms with Crippen LogP contribution in [0.4, 0.5) is 11.4 Å². The second-order valence-electron chi connectivity index (χ2n) is 2.24. The summed E-state index contributed by atoms with van der Waals surface area (Å²) in [6.07, 6.45) is 1.44. The smallest absolute Gasteiger partial charge is 0.350 e. The van der Waals surface area contributed by atoms with Gasteiger partial charge in [0.2, 0.25) is 0 Å². The minimum absolute atomic E-state index is 0.747. The van der Waals surface area contributed by atoms with Crippen molar-refractivity contribution in [2.75, 3.05) is 18.3 Å². The lowest BCUT2D eigenvalue weighted by Crippen LogP contribution is -2.74. The van der Waals surface area contributed by atoms with Crippen LogP contribution in [0, 0.1) is 0 Å². The predicted molar refractivity (Wildman–Crippen MR) is 48.5 cm³/mol. The van der Waals surface area contributed by atoms with Crippen LogP contribution < -0.4 is 16.3 Å². The average Bonchev–Trinajstić information content (AvgIpc) is 2.09. The number of nitrogens with two attached hydrogens (primary N) is 1. The maximum absolute atomic E-state index is 5.50. The molecule has 64 valence electrons. The highest BCUT2D eigenvalue weighted by atomic mass is 16.5. The summed E-state index contributed by atoms with van der Waals surface area (Å²) in [5.74, 6) is 0. The van der Waals surface area contributed by atoms with Crippen molar-refractivity contribution in [3.05, 3.63) is 24.3 Å². The van der Waals surface area contributed by atoms with Gasteiger partial charge in [-0.1, -0.05) is 5.10 Å². The van der Waals surface area contributed by atoms with E-state index in [0.29, 0.717) is 0 Å². The van der Waals surface area contributed by atoms with Gasteiger partial charge in [0, 0.05) is 5.69 Å². The normalized spacial score (nSPS) is 10.1. The van der Waals surface area contributed by atoms with Crippen molar-refractivity contribution in [3.63, 3.8) is 0 Å². The summed E-state index contributed by atoms with van der Waals surface area (Å²) in [6, 6.07) is 7.37. The number of benzene rings is 1. The van der Waals surface area contributed by atoms with E-state index in [9.17, 15) is 0 Å². The third kappa shape index (κ3) is 2.49. The van der Waals surface area contributed by atoms with Gasteiger partial charge in [0.25, 0.3) is 0 Å².